The molecule has 0 spiro atoms. The van der Waals surface area contributed by atoms with Gasteiger partial charge in [0.05, 0.1) is 5.69 Å². The molecular weight excluding hydrogens is 408 g/mol. The Hall–Kier alpha value is -3.86. The molecule has 6 rings (SSSR count). The van der Waals surface area contributed by atoms with E-state index >= 15 is 0 Å². The fourth-order valence-electron chi connectivity index (χ4n) is 5.31. The maximum atomic E-state index is 6.46. The molecule has 1 aliphatic heterocycles. The van der Waals surface area contributed by atoms with E-state index < -0.39 is 5.66 Å². The molecular formula is C28H26N4O. The Morgan fingerprint density at radius 2 is 1.42 bits per heavy atom. The van der Waals surface area contributed by atoms with Crippen molar-refractivity contribution in [3.05, 3.63) is 83.7 Å². The first kappa shape index (κ1) is 19.8. The summed E-state index contributed by atoms with van der Waals surface area (Å²) >= 11 is 0. The summed E-state index contributed by atoms with van der Waals surface area (Å²) in [6.07, 6.45) is 3.53. The molecule has 0 saturated heterocycles. The van der Waals surface area contributed by atoms with Gasteiger partial charge in [0.15, 0.2) is 17.2 Å². The van der Waals surface area contributed by atoms with Gasteiger partial charge in [-0.25, -0.2) is 9.97 Å². The number of hydrogen-bond acceptors (Lipinski definition) is 5. The zero-order valence-corrected chi connectivity index (χ0v) is 19.5. The summed E-state index contributed by atoms with van der Waals surface area (Å²) in [4.78, 5) is 14.2. The summed E-state index contributed by atoms with van der Waals surface area (Å²) in [5, 5.41) is 2.23. The average molecular weight is 435 g/mol. The maximum absolute atomic E-state index is 6.46. The molecule has 164 valence electrons. The number of furan rings is 1. The summed E-state index contributed by atoms with van der Waals surface area (Å²) in [7, 11) is 0. The monoisotopic (exact) mass is 434 g/mol. The summed E-state index contributed by atoms with van der Waals surface area (Å²) in [6.45, 7) is 10.8. The van der Waals surface area contributed by atoms with Crippen molar-refractivity contribution in [3.63, 3.8) is 0 Å². The molecule has 2 aromatic heterocycles. The first-order valence-corrected chi connectivity index (χ1v) is 11.3. The predicted molar refractivity (Wildman–Crippen MR) is 135 cm³/mol. The van der Waals surface area contributed by atoms with E-state index in [4.69, 9.17) is 14.4 Å². The van der Waals surface area contributed by atoms with Gasteiger partial charge in [0.2, 0.25) is 0 Å². The fraction of sp³-hybridized carbons (Fsp3) is 0.214. The number of aromatic nitrogens is 2. The molecule has 5 heteroatoms. The number of fused-ring (bicyclic) bond motifs is 4. The molecule has 0 saturated carbocycles. The number of aryl methyl sites for hydroxylation is 3. The van der Waals surface area contributed by atoms with E-state index in [1.807, 2.05) is 12.1 Å². The van der Waals surface area contributed by atoms with Crippen LogP contribution in [-0.4, -0.2) is 15.6 Å². The minimum Gasteiger partial charge on any atom is -0.454 e. The second kappa shape index (κ2) is 6.82. The molecule has 0 fully saturated rings. The van der Waals surface area contributed by atoms with Gasteiger partial charge in [-0.3, -0.25) is 9.80 Å². The number of hydrogen-bond donors (Lipinski definition) is 0. The first-order valence-electron chi connectivity index (χ1n) is 11.3. The van der Waals surface area contributed by atoms with E-state index in [2.05, 4.69) is 86.9 Å². The van der Waals surface area contributed by atoms with Crippen LogP contribution < -0.4 is 9.80 Å². The average Bonchev–Trinajstić information content (AvgIpc) is 3.25. The summed E-state index contributed by atoms with van der Waals surface area (Å²) in [5.41, 5.74) is 7.01. The molecule has 0 aliphatic carbocycles. The zero-order valence-electron chi connectivity index (χ0n) is 19.5. The van der Waals surface area contributed by atoms with Crippen LogP contribution in [0, 0.1) is 20.8 Å². The molecule has 0 unspecified atom stereocenters. The Balaban J connectivity index is 1.66. The van der Waals surface area contributed by atoms with Gasteiger partial charge >= 0.3 is 0 Å². The van der Waals surface area contributed by atoms with Crippen LogP contribution in [0.25, 0.3) is 21.9 Å². The van der Waals surface area contributed by atoms with Crippen molar-refractivity contribution in [1.82, 2.24) is 9.97 Å². The number of rotatable bonds is 2. The summed E-state index contributed by atoms with van der Waals surface area (Å²) < 4.78 is 6.46. The van der Waals surface area contributed by atoms with Crippen LogP contribution in [0.4, 0.5) is 23.0 Å². The Kier molecular flexibility index (Phi) is 4.09. The third kappa shape index (κ3) is 2.78. The SMILES string of the molecule is Cc1cc(C)cc(N2c3nccnc3N(c3c(C)ccc4c3oc3ccccc34)C2(C)C)c1. The normalized spacial score (nSPS) is 14.9. The lowest BCUT2D eigenvalue weighted by Crippen LogP contribution is -2.48. The van der Waals surface area contributed by atoms with Gasteiger partial charge in [0.1, 0.15) is 11.2 Å². The van der Waals surface area contributed by atoms with Gasteiger partial charge in [0.25, 0.3) is 0 Å². The molecule has 33 heavy (non-hydrogen) atoms. The molecule has 0 bridgehead atoms. The Labute approximate surface area is 193 Å². The Morgan fingerprint density at radius 1 is 0.758 bits per heavy atom. The lowest BCUT2D eigenvalue weighted by molar-refractivity contribution is 0.533. The molecule has 0 atom stereocenters. The lowest BCUT2D eigenvalue weighted by atomic mass is 10.0. The highest BCUT2D eigenvalue weighted by Gasteiger charge is 2.47. The van der Waals surface area contributed by atoms with E-state index in [0.717, 1.165) is 50.5 Å². The molecule has 0 radical (unpaired) electrons. The zero-order chi connectivity index (χ0) is 22.9. The van der Waals surface area contributed by atoms with Gasteiger partial charge < -0.3 is 4.42 Å². The van der Waals surface area contributed by atoms with Crippen LogP contribution in [0.1, 0.15) is 30.5 Å². The van der Waals surface area contributed by atoms with Crippen molar-refractivity contribution in [2.75, 3.05) is 9.80 Å². The van der Waals surface area contributed by atoms with Gasteiger partial charge in [0, 0.05) is 28.9 Å². The standard InChI is InChI=1S/C28H26N4O/c1-17-14-18(2)16-20(15-17)31-26-27(30-13-12-29-26)32(28(31,4)5)24-19(3)10-11-22-21-8-6-7-9-23(21)33-25(22)24/h6-16H,1-5H3. The van der Waals surface area contributed by atoms with Gasteiger partial charge in [-0.1, -0.05) is 36.4 Å². The quantitative estimate of drug-likeness (QED) is 0.291. The Morgan fingerprint density at radius 3 is 2.15 bits per heavy atom. The van der Waals surface area contributed by atoms with Crippen molar-refractivity contribution in [2.24, 2.45) is 0 Å². The summed E-state index contributed by atoms with van der Waals surface area (Å²) in [6, 6.07) is 19.2. The second-order valence-electron chi connectivity index (χ2n) is 9.42. The third-order valence-electron chi connectivity index (χ3n) is 6.59. The molecule has 3 aromatic carbocycles. The van der Waals surface area contributed by atoms with Crippen LogP contribution in [0.5, 0.6) is 0 Å². The van der Waals surface area contributed by atoms with Gasteiger partial charge in [-0.2, -0.15) is 0 Å². The number of nitrogens with zero attached hydrogens (tertiary/aromatic N) is 4. The van der Waals surface area contributed by atoms with Gasteiger partial charge in [-0.15, -0.1) is 0 Å². The minimum atomic E-state index is -0.470. The van der Waals surface area contributed by atoms with Crippen molar-refractivity contribution in [1.29, 1.82) is 0 Å². The van der Waals surface area contributed by atoms with Crippen LogP contribution in [0.2, 0.25) is 0 Å². The van der Waals surface area contributed by atoms with E-state index in [-0.39, 0.29) is 0 Å². The van der Waals surface area contributed by atoms with Gasteiger partial charge in [-0.05, 0) is 69.5 Å². The molecule has 3 heterocycles. The number of para-hydroxylation sites is 1. The first-order chi connectivity index (χ1) is 15.9. The molecule has 5 nitrogen and oxygen atoms in total. The highest BCUT2D eigenvalue weighted by Crippen LogP contribution is 2.53. The minimum absolute atomic E-state index is 0.470. The lowest BCUT2D eigenvalue weighted by Gasteiger charge is -2.40. The fourth-order valence-corrected chi connectivity index (χ4v) is 5.31. The Bertz CT molecular complexity index is 1530. The van der Waals surface area contributed by atoms with Crippen LogP contribution in [0.3, 0.4) is 0 Å². The second-order valence-corrected chi connectivity index (χ2v) is 9.42. The highest BCUT2D eigenvalue weighted by atomic mass is 16.3. The van der Waals surface area contributed by atoms with E-state index in [9.17, 15) is 0 Å². The van der Waals surface area contributed by atoms with Crippen molar-refractivity contribution in [3.8, 4) is 0 Å². The highest BCUT2D eigenvalue weighted by molar-refractivity contribution is 6.10. The van der Waals surface area contributed by atoms with Crippen LogP contribution in [-0.2, 0) is 0 Å². The number of benzene rings is 3. The van der Waals surface area contributed by atoms with Crippen molar-refractivity contribution in [2.45, 2.75) is 40.3 Å². The molecule has 0 N–H and O–H groups in total. The number of anilines is 4. The van der Waals surface area contributed by atoms with E-state index in [1.165, 1.54) is 11.1 Å². The van der Waals surface area contributed by atoms with E-state index in [0.29, 0.717) is 0 Å². The topological polar surface area (TPSA) is 45.4 Å². The molecule has 0 amide bonds. The largest absolute Gasteiger partial charge is 0.454 e. The van der Waals surface area contributed by atoms with Crippen LogP contribution in [0.15, 0.2) is 71.4 Å². The van der Waals surface area contributed by atoms with Crippen molar-refractivity contribution < 1.29 is 4.42 Å². The van der Waals surface area contributed by atoms with E-state index in [1.54, 1.807) is 12.4 Å². The van der Waals surface area contributed by atoms with Crippen LogP contribution >= 0.6 is 0 Å². The smallest absolute Gasteiger partial charge is 0.179 e. The maximum Gasteiger partial charge on any atom is 0.179 e. The molecule has 1 aliphatic rings. The third-order valence-corrected chi connectivity index (χ3v) is 6.59. The molecule has 5 aromatic rings. The van der Waals surface area contributed by atoms with Crippen molar-refractivity contribution >= 4 is 44.9 Å². The predicted octanol–water partition coefficient (Wildman–Crippen LogP) is 7.33. The summed E-state index contributed by atoms with van der Waals surface area (Å²) in [5.74, 6) is 1.68.